The number of fused-ring (bicyclic) bond motifs is 1. The Morgan fingerprint density at radius 3 is 2.57 bits per heavy atom. The molecule has 4 heteroatoms. The third kappa shape index (κ3) is 4.63. The van der Waals surface area contributed by atoms with Gasteiger partial charge in [-0.1, -0.05) is 26.0 Å². The number of hydrogen-bond donors (Lipinski definition) is 1. The normalized spacial score (nSPS) is 16.0. The topological polar surface area (TPSA) is 41.6 Å². The van der Waals surface area contributed by atoms with Crippen molar-refractivity contribution < 1.29 is 9.53 Å². The Morgan fingerprint density at radius 2 is 1.96 bits per heavy atom. The molecule has 0 fully saturated rings. The van der Waals surface area contributed by atoms with E-state index in [1.807, 2.05) is 20.8 Å². The summed E-state index contributed by atoms with van der Waals surface area (Å²) in [4.78, 5) is 14.2. The van der Waals surface area contributed by atoms with Crippen LogP contribution in [0.2, 0.25) is 0 Å². The van der Waals surface area contributed by atoms with Crippen LogP contribution in [0.3, 0.4) is 0 Å². The summed E-state index contributed by atoms with van der Waals surface area (Å²) >= 11 is 0. The van der Waals surface area contributed by atoms with E-state index in [0.29, 0.717) is 25.0 Å². The first kappa shape index (κ1) is 17.6. The van der Waals surface area contributed by atoms with Gasteiger partial charge >= 0.3 is 6.09 Å². The van der Waals surface area contributed by atoms with Crippen LogP contribution >= 0.6 is 0 Å². The van der Waals surface area contributed by atoms with Crippen molar-refractivity contribution in [2.75, 3.05) is 11.9 Å². The molecule has 0 radical (unpaired) electrons. The fraction of sp³-hybridized carbons (Fsp3) is 0.632. The summed E-state index contributed by atoms with van der Waals surface area (Å²) in [5.41, 5.74) is 3.22. The van der Waals surface area contributed by atoms with Crippen molar-refractivity contribution in [3.63, 3.8) is 0 Å². The average Bonchev–Trinajstić information content (AvgIpc) is 2.45. The van der Waals surface area contributed by atoms with Crippen molar-refractivity contribution in [3.05, 3.63) is 29.3 Å². The number of rotatable bonds is 3. The lowest BCUT2D eigenvalue weighted by Gasteiger charge is -2.33. The number of ether oxygens (including phenoxy) is 1. The van der Waals surface area contributed by atoms with E-state index < -0.39 is 5.60 Å². The summed E-state index contributed by atoms with van der Waals surface area (Å²) in [7, 11) is 0. The van der Waals surface area contributed by atoms with Crippen molar-refractivity contribution in [2.45, 2.75) is 66.2 Å². The monoisotopic (exact) mass is 318 g/mol. The summed E-state index contributed by atoms with van der Waals surface area (Å²) in [6.45, 7) is 13.6. The molecule has 1 atom stereocenters. The number of carbonyl (C=O) groups is 1. The first-order valence-corrected chi connectivity index (χ1v) is 8.52. The Labute approximate surface area is 140 Å². The summed E-state index contributed by atoms with van der Waals surface area (Å²) < 4.78 is 5.52. The fourth-order valence-corrected chi connectivity index (χ4v) is 2.61. The summed E-state index contributed by atoms with van der Waals surface area (Å²) in [5, 5.41) is 3.60. The van der Waals surface area contributed by atoms with Crippen LogP contribution in [0.15, 0.2) is 18.2 Å². The van der Waals surface area contributed by atoms with Crippen LogP contribution in [-0.2, 0) is 17.7 Å². The van der Waals surface area contributed by atoms with Gasteiger partial charge in [0.2, 0.25) is 0 Å². The Balaban J connectivity index is 2.17. The third-order valence-corrected chi connectivity index (χ3v) is 4.31. The zero-order valence-electron chi connectivity index (χ0n) is 15.3. The first-order valence-electron chi connectivity index (χ1n) is 8.52. The van der Waals surface area contributed by atoms with E-state index in [9.17, 15) is 4.79 Å². The molecule has 1 unspecified atom stereocenters. The minimum atomic E-state index is -0.457. The maximum Gasteiger partial charge on any atom is 0.410 e. The van der Waals surface area contributed by atoms with E-state index in [2.05, 4.69) is 44.3 Å². The van der Waals surface area contributed by atoms with Crippen molar-refractivity contribution in [3.8, 4) is 0 Å². The molecule has 2 rings (SSSR count). The Hall–Kier alpha value is -1.71. The molecule has 1 aromatic carbocycles. The van der Waals surface area contributed by atoms with Gasteiger partial charge in [0.15, 0.2) is 0 Å². The minimum Gasteiger partial charge on any atom is -0.444 e. The molecule has 0 saturated heterocycles. The van der Waals surface area contributed by atoms with Crippen LogP contribution in [0.25, 0.3) is 0 Å². The number of anilines is 1. The smallest absolute Gasteiger partial charge is 0.410 e. The van der Waals surface area contributed by atoms with E-state index in [0.717, 1.165) is 12.1 Å². The molecule has 4 nitrogen and oxygen atoms in total. The number of nitrogens with one attached hydrogen (secondary N) is 1. The Morgan fingerprint density at radius 1 is 1.26 bits per heavy atom. The second kappa shape index (κ2) is 6.81. The average molecular weight is 318 g/mol. The molecule has 0 aromatic heterocycles. The highest BCUT2D eigenvalue weighted by molar-refractivity contribution is 5.70. The zero-order chi connectivity index (χ0) is 17.2. The summed E-state index contributed by atoms with van der Waals surface area (Å²) in [5.74, 6) is 0.552. The lowest BCUT2D eigenvalue weighted by atomic mass is 9.97. The highest BCUT2D eigenvalue weighted by atomic mass is 16.6. The Kier molecular flexibility index (Phi) is 5.23. The van der Waals surface area contributed by atoms with Gasteiger partial charge in [-0.3, -0.25) is 0 Å². The van der Waals surface area contributed by atoms with Gasteiger partial charge in [0.05, 0.1) is 6.54 Å². The lowest BCUT2D eigenvalue weighted by Crippen LogP contribution is -2.40. The van der Waals surface area contributed by atoms with Crippen LogP contribution < -0.4 is 5.32 Å². The second-order valence-corrected chi connectivity index (χ2v) is 7.77. The summed E-state index contributed by atoms with van der Waals surface area (Å²) in [6.07, 6.45) is 0.648. The minimum absolute atomic E-state index is 0.227. The number of benzene rings is 1. The highest BCUT2D eigenvalue weighted by Gasteiger charge is 2.27. The van der Waals surface area contributed by atoms with E-state index >= 15 is 0 Å². The molecule has 0 bridgehead atoms. The molecule has 1 N–H and O–H groups in total. The van der Waals surface area contributed by atoms with E-state index in [1.165, 1.54) is 11.1 Å². The largest absolute Gasteiger partial charge is 0.444 e. The van der Waals surface area contributed by atoms with Crippen molar-refractivity contribution in [1.82, 2.24) is 4.90 Å². The van der Waals surface area contributed by atoms with Crippen LogP contribution in [0, 0.1) is 5.92 Å². The zero-order valence-corrected chi connectivity index (χ0v) is 15.3. The van der Waals surface area contributed by atoms with Gasteiger partial charge in [-0.05, 0) is 57.2 Å². The van der Waals surface area contributed by atoms with Crippen LogP contribution in [0.4, 0.5) is 10.5 Å². The molecule has 1 heterocycles. The molecule has 0 aliphatic carbocycles. The number of nitrogens with zero attached hydrogens (tertiary/aromatic N) is 1. The van der Waals surface area contributed by atoms with Crippen LogP contribution in [0.5, 0.6) is 0 Å². The van der Waals surface area contributed by atoms with Crippen molar-refractivity contribution in [1.29, 1.82) is 0 Å². The van der Waals surface area contributed by atoms with Gasteiger partial charge < -0.3 is 15.0 Å². The second-order valence-electron chi connectivity index (χ2n) is 7.77. The van der Waals surface area contributed by atoms with Crippen LogP contribution in [-0.4, -0.2) is 29.2 Å². The van der Waals surface area contributed by atoms with Gasteiger partial charge in [0.1, 0.15) is 5.60 Å². The number of carbonyl (C=O) groups excluding carboxylic acids is 1. The highest BCUT2D eigenvalue weighted by Crippen LogP contribution is 2.28. The fourth-order valence-electron chi connectivity index (χ4n) is 2.61. The van der Waals surface area contributed by atoms with Crippen molar-refractivity contribution in [2.24, 2.45) is 5.92 Å². The molecule has 1 aromatic rings. The van der Waals surface area contributed by atoms with Gasteiger partial charge in [0, 0.05) is 18.3 Å². The van der Waals surface area contributed by atoms with E-state index in [1.54, 1.807) is 4.90 Å². The van der Waals surface area contributed by atoms with Gasteiger partial charge in [-0.25, -0.2) is 4.79 Å². The Bertz CT molecular complexity index is 561. The third-order valence-electron chi connectivity index (χ3n) is 4.31. The first-order chi connectivity index (χ1) is 10.7. The molecular formula is C19H30N2O2. The molecule has 1 aliphatic rings. The maximum atomic E-state index is 12.3. The SMILES string of the molecule is CC(C)C(C)Nc1cccc2c1CN(C(=O)OC(C)(C)C)CC2. The summed E-state index contributed by atoms with van der Waals surface area (Å²) in [6, 6.07) is 6.75. The molecule has 0 saturated carbocycles. The lowest BCUT2D eigenvalue weighted by molar-refractivity contribution is 0.0224. The standard InChI is InChI=1S/C19H30N2O2/c1-13(2)14(3)20-17-9-7-8-15-10-11-21(12-16(15)17)18(22)23-19(4,5)6/h7-9,13-14,20H,10-12H2,1-6H3. The molecule has 1 aliphatic heterocycles. The predicted molar refractivity (Wildman–Crippen MR) is 94.7 cm³/mol. The van der Waals surface area contributed by atoms with Gasteiger partial charge in [-0.15, -0.1) is 0 Å². The molecule has 0 spiro atoms. The number of amides is 1. The molecule has 1 amide bonds. The van der Waals surface area contributed by atoms with E-state index in [-0.39, 0.29) is 6.09 Å². The molecular weight excluding hydrogens is 288 g/mol. The van der Waals surface area contributed by atoms with Gasteiger partial charge in [0.25, 0.3) is 0 Å². The predicted octanol–water partition coefficient (Wildman–Crippen LogP) is 4.44. The molecule has 128 valence electrons. The number of hydrogen-bond acceptors (Lipinski definition) is 3. The van der Waals surface area contributed by atoms with Gasteiger partial charge in [-0.2, -0.15) is 0 Å². The van der Waals surface area contributed by atoms with Crippen molar-refractivity contribution >= 4 is 11.8 Å². The van der Waals surface area contributed by atoms with E-state index in [4.69, 9.17) is 4.74 Å². The molecule has 23 heavy (non-hydrogen) atoms. The quantitative estimate of drug-likeness (QED) is 0.896. The van der Waals surface area contributed by atoms with Crippen LogP contribution in [0.1, 0.15) is 52.7 Å². The maximum absolute atomic E-state index is 12.3.